The Morgan fingerprint density at radius 3 is 1.34 bits per heavy atom. The average Bonchev–Trinajstić information content (AvgIpc) is 0.809. The van der Waals surface area contributed by atoms with Crippen molar-refractivity contribution in [3.05, 3.63) is 108 Å². The van der Waals surface area contributed by atoms with Crippen molar-refractivity contribution < 1.29 is 51.6 Å². The van der Waals surface area contributed by atoms with E-state index in [9.17, 15) is 9.59 Å². The summed E-state index contributed by atoms with van der Waals surface area (Å²) in [6.07, 6.45) is 0. The normalized spacial score (nSPS) is 14.6. The van der Waals surface area contributed by atoms with E-state index in [4.69, 9.17) is 42.0 Å². The number of amides is 1. The Bertz CT molecular complexity index is 2870. The number of esters is 1. The molecule has 478 valence electrons. The van der Waals surface area contributed by atoms with Gasteiger partial charge in [-0.2, -0.15) is 0 Å². The number of carbonyl (C=O) groups is 2. The van der Waals surface area contributed by atoms with Crippen LogP contribution in [0.3, 0.4) is 0 Å². The fourth-order valence-corrected chi connectivity index (χ4v) is 45.0. The Hall–Kier alpha value is -4.48. The molecule has 0 spiro atoms. The average molecular weight is 1400 g/mol. The van der Waals surface area contributed by atoms with Crippen LogP contribution < -0.4 is 47.5 Å². The second-order valence-electron chi connectivity index (χ2n) is 28.5. The second-order valence-corrected chi connectivity index (χ2v) is 66.3. The summed E-state index contributed by atoms with van der Waals surface area (Å²) in [5.41, 5.74) is 3.86. The number of anilines is 2. The van der Waals surface area contributed by atoms with Crippen molar-refractivity contribution in [3.8, 4) is 46.0 Å². The van der Waals surface area contributed by atoms with Gasteiger partial charge in [0, 0.05) is 35.5 Å². The van der Waals surface area contributed by atoms with E-state index in [-0.39, 0.29) is 34.2 Å². The van der Waals surface area contributed by atoms with E-state index in [1.807, 2.05) is 48.5 Å². The van der Waals surface area contributed by atoms with Crippen molar-refractivity contribution in [2.45, 2.75) is 175 Å². The number of nitrogens with one attached hydrogen (secondary N) is 1. The number of hydrogen-bond acceptors (Lipinski definition) is 14. The number of ether oxygens (including phenoxy) is 7. The molecule has 1 fully saturated rings. The molecule has 0 bridgehead atoms. The maximum absolute atomic E-state index is 12.8. The van der Waals surface area contributed by atoms with Gasteiger partial charge in [-0.1, -0.05) is 79.0 Å². The Kier molecular flexibility index (Phi) is 26.3. The van der Waals surface area contributed by atoms with Crippen LogP contribution in [0.5, 0.6) is 46.0 Å². The maximum atomic E-state index is 12.8. The summed E-state index contributed by atoms with van der Waals surface area (Å²) in [4.78, 5) is 27.2. The van der Waals surface area contributed by atoms with Crippen LogP contribution in [0.15, 0.2) is 97.1 Å². The Balaban J connectivity index is 0.000000353. The molecule has 86 heavy (non-hydrogen) atoms. The molecule has 1 saturated heterocycles. The van der Waals surface area contributed by atoms with Gasteiger partial charge in [0.2, 0.25) is 28.1 Å². The fourth-order valence-electron chi connectivity index (χ4n) is 9.46. The molecule has 5 rings (SSSR count). The zero-order chi connectivity index (χ0) is 66.1. The number of rotatable bonds is 24. The van der Waals surface area contributed by atoms with E-state index in [1.54, 1.807) is 78.7 Å². The van der Waals surface area contributed by atoms with Crippen molar-refractivity contribution >= 4 is 94.5 Å². The van der Waals surface area contributed by atoms with Gasteiger partial charge in [-0.15, -0.1) is 0 Å². The molecule has 1 amide bonds. The van der Waals surface area contributed by atoms with E-state index < -0.39 is 83.3 Å². The van der Waals surface area contributed by atoms with Crippen molar-refractivity contribution in [3.63, 3.8) is 0 Å². The number of carbonyl (C=O) groups excluding carboxylic acids is 2. The van der Waals surface area contributed by atoms with E-state index in [0.29, 0.717) is 51.4 Å². The van der Waals surface area contributed by atoms with Gasteiger partial charge in [0.1, 0.15) is 11.5 Å². The van der Waals surface area contributed by atoms with Gasteiger partial charge in [0.15, 0.2) is 23.0 Å². The summed E-state index contributed by atoms with van der Waals surface area (Å²) in [5.74, 6) is 3.86. The third kappa shape index (κ3) is 19.5. The van der Waals surface area contributed by atoms with Crippen LogP contribution in [0.4, 0.5) is 11.4 Å². The van der Waals surface area contributed by atoms with Crippen LogP contribution in [0, 0.1) is 0 Å². The predicted octanol–water partition coefficient (Wildman–Crippen LogP) is 16.6. The minimum absolute atomic E-state index is 0.0470. The molecule has 2 radical (unpaired) electrons. The number of methoxy groups -OCH3 is 6. The molecule has 0 aromatic heterocycles. The van der Waals surface area contributed by atoms with Gasteiger partial charge in [0.25, 0.3) is 5.91 Å². The summed E-state index contributed by atoms with van der Waals surface area (Å²) in [6.45, 7) is 62.8. The summed E-state index contributed by atoms with van der Waals surface area (Å²) in [7, 11) is 0.585. The van der Waals surface area contributed by atoms with E-state index in [0.717, 1.165) is 22.6 Å². The molecule has 0 aliphatic carbocycles. The first kappa shape index (κ1) is 75.8. The molecule has 15 nitrogen and oxygen atoms in total. The Labute approximate surface area is 536 Å². The fraction of sp³-hybridized carbons (Fsp3) is 0.531. The van der Waals surface area contributed by atoms with Crippen LogP contribution in [0.25, 0.3) is 0 Å². The summed E-state index contributed by atoms with van der Waals surface area (Å²) < 4.78 is 57.2. The first-order valence-electron chi connectivity index (χ1n) is 29.5. The first-order chi connectivity index (χ1) is 39.3. The molecule has 0 saturated carbocycles. The van der Waals surface area contributed by atoms with Crippen molar-refractivity contribution in [1.82, 2.24) is 4.91 Å². The van der Waals surface area contributed by atoms with Crippen molar-refractivity contribution in [1.29, 1.82) is 0 Å². The van der Waals surface area contributed by atoms with Gasteiger partial charge >= 0.3 is 144 Å². The van der Waals surface area contributed by atoms with Gasteiger partial charge in [-0.25, -0.2) is 4.79 Å². The standard InChI is InChI=1S/C27H39NO6Si.C25H33NO5Si.2C6H18NSi2.Sn/c1-11-33-26(29)18(2)24(28-20-16-22(30-6)25(32-8)23(17-20)31-7)19-13-12-14-21(15-19)34-35(9,10)27(3,4)5;1-16-22(17-11-10-12-19(13-17)31-32(8,9)25(2,3)4)26(24(16)27)18-14-20(28-5)23(30-7)21(15-18)29-6;2*1-8(2,3)7-9(4,5)6;/h12-17,24,28H,2,11H2,1,3-10H3;10-15,22H,1H2,2-9H3;2*1-6H3;/q;;2*-1;+2/t24-;22-;;;/m11.../s1. The number of benzene rings is 4. The van der Waals surface area contributed by atoms with Crippen molar-refractivity contribution in [2.24, 2.45) is 0 Å². The number of nitrogens with zero attached hydrogens (tertiary/aromatic N) is 3. The SMILES string of the molecule is C=C(C(=O)OCC)[C@@H](Nc1cc(OC)c(OC)c(OC)c1)c1cccc(O[Si](C)(C)C(C)(C)C)c1.C=C1C(=O)N(c2cc(OC)c(OC)c(OC)c2)[C@H]1c1cccc(O[Si](C)(C)C(C)(C)C)c1.C[Si](C)(C)[N]([Sn][N]([Si](C)(C)C)[Si](C)(C)C)[Si](C)(C)C. The zero-order valence-corrected chi connectivity index (χ0v) is 66.9. The molecular formula is C64H108N4O11Si6Sn. The number of hydrogen-bond donors (Lipinski definition) is 1. The molecule has 4 aromatic rings. The van der Waals surface area contributed by atoms with Gasteiger partial charge in [0.05, 0.1) is 72.6 Å². The minimum atomic E-state index is -2.06. The monoisotopic (exact) mass is 1400 g/mol. The van der Waals surface area contributed by atoms with Crippen molar-refractivity contribution in [2.75, 3.05) is 59.5 Å². The summed E-state index contributed by atoms with van der Waals surface area (Å²) >= 11 is -0.599. The molecule has 1 heterocycles. The van der Waals surface area contributed by atoms with Crippen LogP contribution in [-0.4, -0.2) is 137 Å². The first-order valence-corrected chi connectivity index (χ1v) is 51.7. The zero-order valence-electron chi connectivity index (χ0n) is 58.0. The molecule has 2 atom stereocenters. The van der Waals surface area contributed by atoms with E-state index >= 15 is 0 Å². The Morgan fingerprint density at radius 2 is 0.977 bits per heavy atom. The van der Waals surface area contributed by atoms with Crippen LogP contribution >= 0.6 is 0 Å². The van der Waals surface area contributed by atoms with Gasteiger partial charge < -0.3 is 47.3 Å². The third-order valence-electron chi connectivity index (χ3n) is 15.5. The summed E-state index contributed by atoms with van der Waals surface area (Å²) in [5, 5.41) is 3.53. The number of β-lactam (4-membered cyclic amide) rings is 1. The van der Waals surface area contributed by atoms with Crippen LogP contribution in [-0.2, 0) is 14.3 Å². The molecule has 1 aliphatic rings. The molecule has 22 heteroatoms. The Morgan fingerprint density at radius 1 is 0.593 bits per heavy atom. The third-order valence-corrected chi connectivity index (χ3v) is 64.4. The van der Waals surface area contributed by atoms with Crippen LogP contribution in [0.1, 0.15) is 71.7 Å². The second kappa shape index (κ2) is 29.9. The van der Waals surface area contributed by atoms with Gasteiger partial charge in [-0.3, -0.25) is 9.69 Å². The van der Waals surface area contributed by atoms with Gasteiger partial charge in [-0.05, 0) is 78.6 Å². The molecule has 0 unspecified atom stereocenters. The molecule has 4 aromatic carbocycles. The molecule has 1 N–H and O–H groups in total. The molecular weight excluding hydrogens is 1290 g/mol. The van der Waals surface area contributed by atoms with E-state index in [2.05, 4.69) is 170 Å². The quantitative estimate of drug-likeness (QED) is 0.0308. The molecule has 1 aliphatic heterocycles. The predicted molar refractivity (Wildman–Crippen MR) is 375 cm³/mol. The van der Waals surface area contributed by atoms with E-state index in [1.165, 1.54) is 0 Å². The summed E-state index contributed by atoms with van der Waals surface area (Å²) in [6, 6.07) is 21.9. The topological polar surface area (TPSA) is 139 Å². The van der Waals surface area contributed by atoms with Crippen LogP contribution in [0.2, 0.25) is 115 Å².